The molecule has 3 aliphatic rings. The zero-order valence-electron chi connectivity index (χ0n) is 20.7. The monoisotopic (exact) mass is 481 g/mol. The van der Waals surface area contributed by atoms with Gasteiger partial charge in [0.25, 0.3) is 0 Å². The summed E-state index contributed by atoms with van der Waals surface area (Å²) in [6.07, 6.45) is 1.10. The van der Waals surface area contributed by atoms with E-state index in [2.05, 4.69) is 55.4 Å². The van der Waals surface area contributed by atoms with Gasteiger partial charge in [-0.15, -0.1) is 0 Å². The third-order valence-corrected chi connectivity index (χ3v) is 19.2. The second-order valence-electron chi connectivity index (χ2n) is 10.7. The molecule has 2 fully saturated rings. The summed E-state index contributed by atoms with van der Waals surface area (Å²) < 4.78 is 20.2. The van der Waals surface area contributed by atoms with Crippen molar-refractivity contribution in [3.63, 3.8) is 0 Å². The smallest absolute Gasteiger partial charge is 0.333 e. The van der Waals surface area contributed by atoms with Crippen molar-refractivity contribution < 1.29 is 27.7 Å². The van der Waals surface area contributed by atoms with E-state index in [0.29, 0.717) is 23.7 Å². The molecular weight excluding hydrogens is 442 g/mol. The molecule has 0 aromatic carbocycles. The first kappa shape index (κ1) is 25.5. The molecule has 1 amide bonds. The first-order chi connectivity index (χ1) is 14.9. The summed E-state index contributed by atoms with van der Waals surface area (Å²) in [6, 6.07) is 0.671. The van der Waals surface area contributed by atoms with Gasteiger partial charge in [-0.05, 0) is 34.3 Å². The first-order valence-electron chi connectivity index (χ1n) is 11.9. The zero-order chi connectivity index (χ0) is 24.0. The summed E-state index contributed by atoms with van der Waals surface area (Å²) in [5.74, 6) is -1.13. The fraction of sp³-hybridized carbons (Fsp3) is 0.783. The lowest BCUT2D eigenvalue weighted by molar-refractivity contribution is -0.150. The number of rotatable bonds is 5. The molecule has 0 N–H and O–H groups in total. The summed E-state index contributed by atoms with van der Waals surface area (Å²) >= 11 is 0. The number of carbonyl (C=O) groups excluding carboxylic acids is 3. The van der Waals surface area contributed by atoms with Crippen molar-refractivity contribution in [1.29, 1.82) is 0 Å². The van der Waals surface area contributed by atoms with Gasteiger partial charge in [-0.2, -0.15) is 0 Å². The van der Waals surface area contributed by atoms with Crippen LogP contribution in [0.5, 0.6) is 0 Å². The van der Waals surface area contributed by atoms with Gasteiger partial charge in [-0.25, -0.2) is 0 Å². The van der Waals surface area contributed by atoms with E-state index in [9.17, 15) is 14.4 Å². The fourth-order valence-electron chi connectivity index (χ4n) is 5.57. The number of hydrogen-bond donors (Lipinski definition) is 0. The second-order valence-corrected chi connectivity index (χ2v) is 20.2. The summed E-state index contributed by atoms with van der Waals surface area (Å²) in [7, 11) is -5.07. The van der Waals surface area contributed by atoms with E-state index >= 15 is 0 Å². The summed E-state index contributed by atoms with van der Waals surface area (Å²) in [6.45, 7) is 17.9. The molecule has 0 bridgehead atoms. The Hall–Kier alpha value is -1.14. The SMILES string of the molecule is CC(C)[Si]1(C(C)C)C[C@H]2C(=O)[C@H](N3C=CC(=O)CC3=O)O[C@@H]2CO[Si](C(C)C)(C(C)C)O1. The Balaban J connectivity index is 2.03. The summed E-state index contributed by atoms with van der Waals surface area (Å²) in [5.41, 5.74) is 1.12. The van der Waals surface area contributed by atoms with Crippen LogP contribution in [0.25, 0.3) is 0 Å². The topological polar surface area (TPSA) is 82.1 Å². The molecule has 0 aromatic rings. The predicted molar refractivity (Wildman–Crippen MR) is 127 cm³/mol. The molecule has 0 aromatic heterocycles. The van der Waals surface area contributed by atoms with Crippen LogP contribution in [0, 0.1) is 5.92 Å². The van der Waals surface area contributed by atoms with Crippen LogP contribution >= 0.6 is 0 Å². The third-order valence-electron chi connectivity index (χ3n) is 7.57. The van der Waals surface area contributed by atoms with E-state index in [1.165, 1.54) is 17.2 Å². The van der Waals surface area contributed by atoms with Crippen molar-refractivity contribution in [2.24, 2.45) is 5.92 Å². The van der Waals surface area contributed by atoms with E-state index in [-0.39, 0.29) is 35.0 Å². The number of amides is 1. The van der Waals surface area contributed by atoms with Gasteiger partial charge < -0.3 is 13.3 Å². The van der Waals surface area contributed by atoms with E-state index in [0.717, 1.165) is 0 Å². The van der Waals surface area contributed by atoms with Crippen LogP contribution in [-0.2, 0) is 27.7 Å². The number of ketones is 2. The fourth-order valence-corrected chi connectivity index (χ4v) is 18.1. The van der Waals surface area contributed by atoms with Crippen LogP contribution in [0.3, 0.4) is 0 Å². The number of allylic oxidation sites excluding steroid dienone is 1. The van der Waals surface area contributed by atoms with Gasteiger partial charge >= 0.3 is 8.56 Å². The molecule has 3 aliphatic heterocycles. The molecule has 32 heavy (non-hydrogen) atoms. The molecule has 2 saturated heterocycles. The maximum atomic E-state index is 13.6. The van der Waals surface area contributed by atoms with Crippen molar-refractivity contribution >= 4 is 34.4 Å². The molecule has 180 valence electrons. The van der Waals surface area contributed by atoms with Crippen molar-refractivity contribution in [3.05, 3.63) is 12.3 Å². The molecule has 3 atom stereocenters. The van der Waals surface area contributed by atoms with Crippen LogP contribution in [0.4, 0.5) is 0 Å². The Bertz CT molecular complexity index is 777. The molecule has 3 heterocycles. The molecule has 0 aliphatic carbocycles. The highest BCUT2D eigenvalue weighted by Crippen LogP contribution is 2.50. The molecule has 0 spiro atoms. The van der Waals surface area contributed by atoms with E-state index in [1.807, 2.05) is 0 Å². The Morgan fingerprint density at radius 1 is 0.938 bits per heavy atom. The van der Waals surface area contributed by atoms with E-state index in [4.69, 9.17) is 13.3 Å². The molecule has 9 heteroatoms. The van der Waals surface area contributed by atoms with Gasteiger partial charge in [-0.3, -0.25) is 19.3 Å². The Morgan fingerprint density at radius 2 is 1.53 bits per heavy atom. The van der Waals surface area contributed by atoms with Crippen LogP contribution in [0.1, 0.15) is 61.8 Å². The third kappa shape index (κ3) is 4.22. The summed E-state index contributed by atoms with van der Waals surface area (Å²) in [4.78, 5) is 39.0. The lowest BCUT2D eigenvalue weighted by Crippen LogP contribution is -2.63. The minimum atomic E-state index is -2.62. The number of ether oxygens (including phenoxy) is 1. The maximum Gasteiger partial charge on any atom is 0.333 e. The van der Waals surface area contributed by atoms with Gasteiger partial charge in [-0.1, -0.05) is 55.4 Å². The zero-order valence-corrected chi connectivity index (χ0v) is 22.7. The Kier molecular flexibility index (Phi) is 7.37. The molecule has 3 rings (SSSR count). The van der Waals surface area contributed by atoms with Crippen LogP contribution < -0.4 is 0 Å². The van der Waals surface area contributed by atoms with Gasteiger partial charge in [0.05, 0.1) is 25.0 Å². The van der Waals surface area contributed by atoms with E-state index in [1.54, 1.807) is 0 Å². The van der Waals surface area contributed by atoms with Crippen LogP contribution in [-0.4, -0.2) is 58.2 Å². The number of fused-ring (bicyclic) bond motifs is 1. The quantitative estimate of drug-likeness (QED) is 0.430. The highest BCUT2D eigenvalue weighted by Gasteiger charge is 2.60. The number of nitrogens with zero attached hydrogens (tertiary/aromatic N) is 1. The standard InChI is InChI=1S/C23H39NO6Si2/c1-14(2)31(15(3)4)13-19-20(12-28-32(30-31,16(5)6)17(7)8)29-23(22(19)27)24-10-9-18(25)11-21(24)26/h9-10,14-17,19-20,23H,11-13H2,1-8H3/t19-,20-,23-/m1/s1. The average Bonchev–Trinajstić information content (AvgIpc) is 2.96. The highest BCUT2D eigenvalue weighted by atomic mass is 28.4. The molecule has 0 saturated carbocycles. The predicted octanol–water partition coefficient (Wildman–Crippen LogP) is 4.29. The number of carbonyl (C=O) groups is 3. The minimum absolute atomic E-state index is 0.101. The van der Waals surface area contributed by atoms with Crippen LogP contribution in [0.15, 0.2) is 12.3 Å². The number of hydrogen-bond acceptors (Lipinski definition) is 6. The molecular formula is C23H39NO6Si2. The van der Waals surface area contributed by atoms with Crippen molar-refractivity contribution in [2.75, 3.05) is 6.61 Å². The second kappa shape index (κ2) is 9.25. The Labute approximate surface area is 194 Å². The van der Waals surface area contributed by atoms with Crippen molar-refractivity contribution in [3.8, 4) is 0 Å². The molecule has 7 nitrogen and oxygen atoms in total. The largest absolute Gasteiger partial charge is 0.435 e. The normalized spacial score (nSPS) is 30.4. The highest BCUT2D eigenvalue weighted by molar-refractivity contribution is 6.87. The van der Waals surface area contributed by atoms with Crippen LogP contribution in [0.2, 0.25) is 28.2 Å². The van der Waals surface area contributed by atoms with Crippen molar-refractivity contribution in [2.45, 2.75) is 102 Å². The first-order valence-corrected chi connectivity index (χ1v) is 16.1. The van der Waals surface area contributed by atoms with Gasteiger partial charge in [0.1, 0.15) is 0 Å². The minimum Gasteiger partial charge on any atom is -0.435 e. The summed E-state index contributed by atoms with van der Waals surface area (Å²) in [5, 5.41) is 0. The molecule has 0 unspecified atom stereocenters. The van der Waals surface area contributed by atoms with Gasteiger partial charge in [0, 0.05) is 6.20 Å². The lowest BCUT2D eigenvalue weighted by Gasteiger charge is -2.51. The number of Topliss-reactive ketones (excluding diaryl/α,β-unsaturated/α-hetero) is 1. The molecule has 0 radical (unpaired) electrons. The van der Waals surface area contributed by atoms with Gasteiger partial charge in [0.2, 0.25) is 5.91 Å². The average molecular weight is 482 g/mol. The van der Waals surface area contributed by atoms with Crippen molar-refractivity contribution in [1.82, 2.24) is 4.90 Å². The van der Waals surface area contributed by atoms with E-state index < -0.39 is 35.1 Å². The Morgan fingerprint density at radius 3 is 2.03 bits per heavy atom. The lowest BCUT2D eigenvalue weighted by atomic mass is 10.0. The maximum absolute atomic E-state index is 13.6. The van der Waals surface area contributed by atoms with Gasteiger partial charge in [0.15, 0.2) is 26.1 Å².